The van der Waals surface area contributed by atoms with Crippen molar-refractivity contribution in [3.05, 3.63) is 45.6 Å². The Morgan fingerprint density at radius 2 is 1.79 bits per heavy atom. The number of hydrogen-bond acceptors (Lipinski definition) is 4. The number of piperazine rings is 1. The normalized spacial score (nSPS) is 19.0. The first kappa shape index (κ1) is 21.6. The highest BCUT2D eigenvalue weighted by molar-refractivity contribution is 7.09. The summed E-state index contributed by atoms with van der Waals surface area (Å²) in [5.41, 5.74) is 2.53. The van der Waals surface area contributed by atoms with Crippen LogP contribution < -0.4 is 24.6 Å². The Kier molecular flexibility index (Phi) is 7.91. The van der Waals surface area contributed by atoms with Crippen LogP contribution in [0.25, 0.3) is 0 Å². The molecule has 1 fully saturated rings. The first-order valence-corrected chi connectivity index (χ1v) is 11.1. The lowest BCUT2D eigenvalue weighted by molar-refractivity contribution is -1.02. The van der Waals surface area contributed by atoms with E-state index in [1.165, 1.54) is 20.9 Å². The van der Waals surface area contributed by atoms with Gasteiger partial charge in [-0.2, -0.15) is 0 Å². The zero-order valence-electron chi connectivity index (χ0n) is 17.7. The first-order valence-electron chi connectivity index (χ1n) is 10.3. The van der Waals surface area contributed by atoms with Gasteiger partial charge >= 0.3 is 0 Å². The van der Waals surface area contributed by atoms with Gasteiger partial charge in [-0.1, -0.05) is 6.07 Å². The molecule has 1 aliphatic rings. The lowest BCUT2D eigenvalue weighted by Crippen LogP contribution is -3.28. The molecule has 0 spiro atoms. The maximum atomic E-state index is 12.2. The Hall–Kier alpha value is -2.09. The minimum Gasteiger partial charge on any atom is -0.493 e. The van der Waals surface area contributed by atoms with Crippen LogP contribution in [-0.2, 0) is 17.8 Å². The number of hydrogen-bond donors (Lipinski definition) is 3. The molecule has 1 amide bonds. The van der Waals surface area contributed by atoms with Crippen LogP contribution in [0.3, 0.4) is 0 Å². The van der Waals surface area contributed by atoms with Crippen molar-refractivity contribution in [1.29, 1.82) is 0 Å². The fourth-order valence-electron chi connectivity index (χ4n) is 3.86. The van der Waals surface area contributed by atoms with E-state index in [-0.39, 0.29) is 5.91 Å². The fraction of sp³-hybridized carbons (Fsp3) is 0.500. The number of aryl methyl sites for hydroxylation is 1. The van der Waals surface area contributed by atoms with E-state index in [0.717, 1.165) is 57.2 Å². The predicted molar refractivity (Wildman–Crippen MR) is 115 cm³/mol. The Bertz CT molecular complexity index is 787. The van der Waals surface area contributed by atoms with Crippen LogP contribution in [0, 0.1) is 6.92 Å². The van der Waals surface area contributed by atoms with Crippen molar-refractivity contribution < 1.29 is 24.1 Å². The summed E-state index contributed by atoms with van der Waals surface area (Å²) in [5, 5.41) is 5.14. The molecular formula is C22H33N3O3S+2. The number of quaternary nitrogens is 2. The lowest BCUT2D eigenvalue weighted by Gasteiger charge is -2.29. The van der Waals surface area contributed by atoms with Gasteiger partial charge in [0.15, 0.2) is 18.0 Å². The van der Waals surface area contributed by atoms with Gasteiger partial charge in [0, 0.05) is 17.0 Å². The van der Waals surface area contributed by atoms with Crippen molar-refractivity contribution in [2.75, 3.05) is 53.5 Å². The van der Waals surface area contributed by atoms with E-state index < -0.39 is 0 Å². The second-order valence-corrected chi connectivity index (χ2v) is 8.70. The van der Waals surface area contributed by atoms with Crippen molar-refractivity contribution in [2.24, 2.45) is 0 Å². The van der Waals surface area contributed by atoms with Gasteiger partial charge in [0.25, 0.3) is 5.91 Å². The van der Waals surface area contributed by atoms with Gasteiger partial charge in [0.1, 0.15) is 32.7 Å². The molecule has 0 radical (unpaired) electrons. The van der Waals surface area contributed by atoms with Crippen LogP contribution in [0.4, 0.5) is 0 Å². The summed E-state index contributed by atoms with van der Waals surface area (Å²) in [7, 11) is 3.35. The summed E-state index contributed by atoms with van der Waals surface area (Å²) in [6.07, 6.45) is 0.918. The van der Waals surface area contributed by atoms with E-state index in [0.29, 0.717) is 6.54 Å². The van der Waals surface area contributed by atoms with Crippen molar-refractivity contribution in [3.63, 3.8) is 0 Å². The first-order chi connectivity index (χ1) is 14.1. The largest absolute Gasteiger partial charge is 0.493 e. The number of benzene rings is 1. The summed E-state index contributed by atoms with van der Waals surface area (Å²) < 4.78 is 10.8. The standard InChI is InChI=1S/C22H31N3O3S/c1-17-13-20(27-2)21(28-3)14-18(17)15-24-8-10-25(11-9-24)16-22(26)23-7-6-19-5-4-12-29-19/h4-5,12-14H,6-11,15-16H2,1-3H3,(H,23,26)/p+2. The molecule has 0 atom stereocenters. The van der Waals surface area contributed by atoms with E-state index >= 15 is 0 Å². The number of rotatable bonds is 9. The molecular weight excluding hydrogens is 386 g/mol. The Morgan fingerprint density at radius 1 is 1.10 bits per heavy atom. The molecule has 0 bridgehead atoms. The van der Waals surface area contributed by atoms with E-state index in [1.54, 1.807) is 30.5 Å². The average molecular weight is 420 g/mol. The third-order valence-electron chi connectivity index (χ3n) is 5.63. The van der Waals surface area contributed by atoms with Crippen molar-refractivity contribution >= 4 is 17.2 Å². The molecule has 1 saturated heterocycles. The van der Waals surface area contributed by atoms with Gasteiger partial charge in [0.2, 0.25) is 0 Å². The Morgan fingerprint density at radius 3 is 2.45 bits per heavy atom. The lowest BCUT2D eigenvalue weighted by atomic mass is 10.1. The molecule has 7 heteroatoms. The maximum Gasteiger partial charge on any atom is 0.275 e. The highest BCUT2D eigenvalue weighted by Crippen LogP contribution is 2.29. The molecule has 2 aromatic rings. The highest BCUT2D eigenvalue weighted by Gasteiger charge is 2.25. The summed E-state index contributed by atoms with van der Waals surface area (Å²) in [6.45, 7) is 8.61. The molecule has 29 heavy (non-hydrogen) atoms. The van der Waals surface area contributed by atoms with Crippen molar-refractivity contribution in [1.82, 2.24) is 5.32 Å². The number of ether oxygens (including phenoxy) is 2. The molecule has 0 unspecified atom stereocenters. The van der Waals surface area contributed by atoms with Crippen LogP contribution in [0.5, 0.6) is 11.5 Å². The molecule has 6 nitrogen and oxygen atoms in total. The summed E-state index contributed by atoms with van der Waals surface area (Å²) in [5.74, 6) is 1.73. The van der Waals surface area contributed by atoms with Gasteiger partial charge in [-0.3, -0.25) is 4.79 Å². The van der Waals surface area contributed by atoms with Gasteiger partial charge in [-0.15, -0.1) is 11.3 Å². The number of amides is 1. The van der Waals surface area contributed by atoms with E-state index in [1.807, 2.05) is 0 Å². The Labute approximate surface area is 177 Å². The van der Waals surface area contributed by atoms with Crippen molar-refractivity contribution in [3.8, 4) is 11.5 Å². The van der Waals surface area contributed by atoms with Gasteiger partial charge in [-0.05, 0) is 42.5 Å². The molecule has 3 rings (SSSR count). The monoisotopic (exact) mass is 419 g/mol. The highest BCUT2D eigenvalue weighted by atomic mass is 32.1. The SMILES string of the molecule is COc1cc(C)c(C[NH+]2CC[NH+](CC(=O)NCCc3cccs3)CC2)cc1OC. The molecule has 1 aromatic carbocycles. The molecule has 1 aromatic heterocycles. The number of nitrogens with one attached hydrogen (secondary N) is 3. The smallest absolute Gasteiger partial charge is 0.275 e. The number of carbonyl (C=O) groups is 1. The topological polar surface area (TPSA) is 56.4 Å². The summed E-state index contributed by atoms with van der Waals surface area (Å²) in [4.78, 5) is 16.5. The van der Waals surface area contributed by atoms with Crippen LogP contribution >= 0.6 is 11.3 Å². The Balaban J connectivity index is 1.41. The van der Waals surface area contributed by atoms with Crippen LogP contribution in [0.1, 0.15) is 16.0 Å². The molecule has 1 aliphatic heterocycles. The molecule has 3 N–H and O–H groups in total. The minimum atomic E-state index is 0.163. The van der Waals surface area contributed by atoms with E-state index in [9.17, 15) is 4.79 Å². The maximum absolute atomic E-state index is 12.2. The van der Waals surface area contributed by atoms with Crippen LogP contribution in [0.2, 0.25) is 0 Å². The van der Waals surface area contributed by atoms with Crippen LogP contribution in [0.15, 0.2) is 29.6 Å². The quantitative estimate of drug-likeness (QED) is 0.524. The van der Waals surface area contributed by atoms with Gasteiger partial charge < -0.3 is 24.6 Å². The minimum absolute atomic E-state index is 0.163. The van der Waals surface area contributed by atoms with Gasteiger partial charge in [-0.25, -0.2) is 0 Å². The average Bonchev–Trinajstić information content (AvgIpc) is 3.24. The van der Waals surface area contributed by atoms with Crippen LogP contribution in [-0.4, -0.2) is 59.4 Å². The molecule has 2 heterocycles. The van der Waals surface area contributed by atoms with E-state index in [4.69, 9.17) is 9.47 Å². The molecule has 0 saturated carbocycles. The molecule has 0 aliphatic carbocycles. The zero-order valence-corrected chi connectivity index (χ0v) is 18.5. The van der Waals surface area contributed by atoms with E-state index in [2.05, 4.69) is 41.9 Å². The number of methoxy groups -OCH3 is 2. The third-order valence-corrected chi connectivity index (χ3v) is 6.57. The summed E-state index contributed by atoms with van der Waals surface area (Å²) >= 11 is 1.74. The second kappa shape index (κ2) is 10.6. The second-order valence-electron chi connectivity index (χ2n) is 7.67. The van der Waals surface area contributed by atoms with Gasteiger partial charge in [0.05, 0.1) is 14.2 Å². The molecule has 158 valence electrons. The van der Waals surface area contributed by atoms with Crippen molar-refractivity contribution in [2.45, 2.75) is 19.9 Å². The predicted octanol–water partition coefficient (Wildman–Crippen LogP) is -0.284. The third kappa shape index (κ3) is 6.19. The zero-order chi connectivity index (χ0) is 20.6. The summed E-state index contributed by atoms with van der Waals surface area (Å²) in [6, 6.07) is 8.32. The fourth-order valence-corrected chi connectivity index (χ4v) is 4.57. The number of carbonyl (C=O) groups excluding carboxylic acids is 1. The number of thiophene rings is 1.